The van der Waals surface area contributed by atoms with Crippen molar-refractivity contribution in [2.24, 2.45) is 5.41 Å². The van der Waals surface area contributed by atoms with Gasteiger partial charge < -0.3 is 19.7 Å². The van der Waals surface area contributed by atoms with Gasteiger partial charge in [0.15, 0.2) is 5.13 Å². The molecule has 8 nitrogen and oxygen atoms in total. The summed E-state index contributed by atoms with van der Waals surface area (Å²) in [4.78, 5) is 21.1. The molecule has 33 heavy (non-hydrogen) atoms. The fourth-order valence-corrected chi connectivity index (χ4v) is 5.06. The van der Waals surface area contributed by atoms with Crippen molar-refractivity contribution in [2.45, 2.75) is 44.8 Å². The van der Waals surface area contributed by atoms with Gasteiger partial charge in [0.25, 0.3) is 0 Å². The molecule has 3 aromatic rings. The van der Waals surface area contributed by atoms with Crippen molar-refractivity contribution in [1.29, 1.82) is 0 Å². The van der Waals surface area contributed by atoms with E-state index in [1.807, 2.05) is 24.5 Å². The topological polar surface area (TPSA) is 85.3 Å². The van der Waals surface area contributed by atoms with Gasteiger partial charge in [-0.05, 0) is 64.4 Å². The normalized spacial score (nSPS) is 18.8. The van der Waals surface area contributed by atoms with Gasteiger partial charge in [0.1, 0.15) is 11.9 Å². The predicted molar refractivity (Wildman–Crippen MR) is 129 cm³/mol. The molecule has 0 radical (unpaired) electrons. The highest BCUT2D eigenvalue weighted by atomic mass is 32.1. The summed E-state index contributed by atoms with van der Waals surface area (Å²) in [6.45, 7) is 3.97. The second-order valence-electron chi connectivity index (χ2n) is 9.31. The van der Waals surface area contributed by atoms with Crippen molar-refractivity contribution >= 4 is 22.3 Å². The minimum absolute atomic E-state index is 0.175. The van der Waals surface area contributed by atoms with E-state index in [0.717, 1.165) is 60.4 Å². The zero-order valence-corrected chi connectivity index (χ0v) is 20.1. The summed E-state index contributed by atoms with van der Waals surface area (Å²) < 4.78 is 11.5. The standard InChI is InChI=1S/C24H30N6O2S/c1-16(30(2)3)17-4-5-21(26-12-17)29-23-27-13-20(33-23)19-8-11-25-22(28-19)32-18-6-9-24(10-7-18)14-31-15-24/h4-5,8,11-13,16,18H,6-7,9-10,14-15H2,1-3H3,(H,26,27,29). The number of nitrogens with zero attached hydrogens (tertiary/aromatic N) is 5. The lowest BCUT2D eigenvalue weighted by molar-refractivity contribution is -0.140. The van der Waals surface area contributed by atoms with Crippen LogP contribution in [-0.4, -0.2) is 58.2 Å². The van der Waals surface area contributed by atoms with Crippen LogP contribution in [0.25, 0.3) is 10.6 Å². The number of pyridine rings is 1. The molecule has 1 aliphatic carbocycles. The largest absolute Gasteiger partial charge is 0.460 e. The van der Waals surface area contributed by atoms with E-state index >= 15 is 0 Å². The van der Waals surface area contributed by atoms with Crippen LogP contribution in [0.5, 0.6) is 6.01 Å². The van der Waals surface area contributed by atoms with E-state index in [2.05, 4.69) is 57.2 Å². The minimum atomic E-state index is 0.175. The van der Waals surface area contributed by atoms with E-state index in [9.17, 15) is 0 Å². The van der Waals surface area contributed by atoms with Crippen molar-refractivity contribution in [3.05, 3.63) is 42.4 Å². The molecule has 3 aromatic heterocycles. The van der Waals surface area contributed by atoms with E-state index < -0.39 is 0 Å². The molecule has 9 heteroatoms. The molecule has 2 fully saturated rings. The molecule has 1 saturated heterocycles. The second kappa shape index (κ2) is 9.32. The van der Waals surface area contributed by atoms with Gasteiger partial charge in [0.05, 0.1) is 23.8 Å². The number of hydrogen-bond donors (Lipinski definition) is 1. The lowest BCUT2D eigenvalue weighted by Crippen LogP contribution is -2.46. The van der Waals surface area contributed by atoms with Crippen LogP contribution in [0.3, 0.4) is 0 Å². The van der Waals surface area contributed by atoms with Gasteiger partial charge in [-0.15, -0.1) is 0 Å². The van der Waals surface area contributed by atoms with Crippen LogP contribution in [0.15, 0.2) is 36.8 Å². The second-order valence-corrected chi connectivity index (χ2v) is 10.3. The first-order valence-corrected chi connectivity index (χ1v) is 12.2. The van der Waals surface area contributed by atoms with Crippen LogP contribution >= 0.6 is 11.3 Å². The molecule has 174 valence electrons. The Kier molecular flexibility index (Phi) is 6.27. The predicted octanol–water partition coefficient (Wildman–Crippen LogP) is 4.70. The molecule has 2 aliphatic rings. The Morgan fingerprint density at radius 3 is 2.61 bits per heavy atom. The zero-order chi connectivity index (χ0) is 22.8. The Hall–Kier alpha value is -2.62. The van der Waals surface area contributed by atoms with Crippen LogP contribution in [0.2, 0.25) is 0 Å². The summed E-state index contributed by atoms with van der Waals surface area (Å²) in [5.41, 5.74) is 2.40. The molecule has 1 N–H and O–H groups in total. The maximum absolute atomic E-state index is 6.12. The highest BCUT2D eigenvalue weighted by Gasteiger charge is 2.42. The van der Waals surface area contributed by atoms with Gasteiger partial charge in [0, 0.05) is 30.0 Å². The first kappa shape index (κ1) is 22.2. The fraction of sp³-hybridized carbons (Fsp3) is 0.500. The molecule has 1 saturated carbocycles. The maximum Gasteiger partial charge on any atom is 0.317 e. The average Bonchev–Trinajstić information content (AvgIpc) is 3.27. The van der Waals surface area contributed by atoms with Gasteiger partial charge in [-0.1, -0.05) is 17.4 Å². The molecule has 0 aromatic carbocycles. The van der Waals surface area contributed by atoms with Crippen LogP contribution in [0.1, 0.15) is 44.2 Å². The molecule has 1 aliphatic heterocycles. The Bertz CT molecular complexity index is 1070. The van der Waals surface area contributed by atoms with Crippen molar-refractivity contribution in [3.63, 3.8) is 0 Å². The van der Waals surface area contributed by atoms with Gasteiger partial charge in [-0.3, -0.25) is 0 Å². The summed E-state index contributed by atoms with van der Waals surface area (Å²) in [6.07, 6.45) is 10.0. The van der Waals surface area contributed by atoms with Crippen molar-refractivity contribution in [1.82, 2.24) is 24.8 Å². The van der Waals surface area contributed by atoms with Crippen LogP contribution in [0.4, 0.5) is 10.9 Å². The molecule has 0 amide bonds. The average molecular weight is 467 g/mol. The summed E-state index contributed by atoms with van der Waals surface area (Å²) >= 11 is 1.53. The van der Waals surface area contributed by atoms with E-state index in [0.29, 0.717) is 17.5 Å². The fourth-order valence-electron chi connectivity index (χ4n) is 4.27. The monoisotopic (exact) mass is 466 g/mol. The molecule has 1 spiro atoms. The van der Waals surface area contributed by atoms with Gasteiger partial charge in [-0.25, -0.2) is 15.0 Å². The zero-order valence-electron chi connectivity index (χ0n) is 19.3. The smallest absolute Gasteiger partial charge is 0.317 e. The number of thiazole rings is 1. The van der Waals surface area contributed by atoms with Gasteiger partial charge in [-0.2, -0.15) is 4.98 Å². The number of hydrogen-bond acceptors (Lipinski definition) is 9. The lowest BCUT2D eigenvalue weighted by Gasteiger charge is -2.45. The quantitative estimate of drug-likeness (QED) is 0.536. The third-order valence-electron chi connectivity index (χ3n) is 6.75. The molecular formula is C24H30N6O2S. The Morgan fingerprint density at radius 1 is 1.12 bits per heavy atom. The third kappa shape index (κ3) is 5.00. The van der Waals surface area contributed by atoms with Crippen LogP contribution in [-0.2, 0) is 4.74 Å². The number of nitrogens with one attached hydrogen (secondary N) is 1. The highest BCUT2D eigenvalue weighted by Crippen LogP contribution is 2.43. The van der Waals surface area contributed by atoms with Crippen molar-refractivity contribution in [3.8, 4) is 16.6 Å². The summed E-state index contributed by atoms with van der Waals surface area (Å²) in [5, 5.41) is 4.06. The number of rotatable bonds is 7. The molecule has 1 atom stereocenters. The molecule has 5 rings (SSSR count). The SMILES string of the molecule is CC(c1ccc(Nc2ncc(-c3ccnc(OC4CCC5(CC4)COC5)n3)s2)nc1)N(C)C. The Labute approximate surface area is 198 Å². The first-order chi connectivity index (χ1) is 16.0. The van der Waals surface area contributed by atoms with Gasteiger partial charge in [0.2, 0.25) is 0 Å². The number of ether oxygens (including phenoxy) is 2. The van der Waals surface area contributed by atoms with Crippen molar-refractivity contribution in [2.75, 3.05) is 32.6 Å². The van der Waals surface area contributed by atoms with Crippen molar-refractivity contribution < 1.29 is 9.47 Å². The molecule has 4 heterocycles. The maximum atomic E-state index is 6.12. The molecule has 1 unspecified atom stereocenters. The van der Waals surface area contributed by atoms with Crippen LogP contribution in [0, 0.1) is 5.41 Å². The number of aromatic nitrogens is 4. The summed E-state index contributed by atoms with van der Waals surface area (Å²) in [6, 6.07) is 6.72. The van der Waals surface area contributed by atoms with E-state index in [-0.39, 0.29) is 6.10 Å². The Balaban J connectivity index is 1.21. The first-order valence-electron chi connectivity index (χ1n) is 11.4. The van der Waals surface area contributed by atoms with E-state index in [1.165, 1.54) is 16.9 Å². The molecule has 0 bridgehead atoms. The highest BCUT2D eigenvalue weighted by molar-refractivity contribution is 7.18. The van der Waals surface area contributed by atoms with E-state index in [1.54, 1.807) is 6.20 Å². The van der Waals surface area contributed by atoms with Crippen LogP contribution < -0.4 is 10.1 Å². The number of anilines is 2. The third-order valence-corrected chi connectivity index (χ3v) is 7.69. The Morgan fingerprint density at radius 2 is 1.94 bits per heavy atom. The van der Waals surface area contributed by atoms with E-state index in [4.69, 9.17) is 9.47 Å². The summed E-state index contributed by atoms with van der Waals surface area (Å²) in [5.74, 6) is 0.768. The lowest BCUT2D eigenvalue weighted by atomic mass is 9.72. The minimum Gasteiger partial charge on any atom is -0.460 e. The van der Waals surface area contributed by atoms with Gasteiger partial charge >= 0.3 is 6.01 Å². The molecular weight excluding hydrogens is 436 g/mol. The summed E-state index contributed by atoms with van der Waals surface area (Å²) in [7, 11) is 4.12.